The van der Waals surface area contributed by atoms with Crippen LogP contribution in [0.15, 0.2) is 29.4 Å². The number of nitrogens with zero attached hydrogens (tertiary/aromatic N) is 2. The second-order valence-corrected chi connectivity index (χ2v) is 6.06. The van der Waals surface area contributed by atoms with E-state index in [9.17, 15) is 18.0 Å². The van der Waals surface area contributed by atoms with Crippen LogP contribution in [0.4, 0.5) is 4.79 Å². The smallest absolute Gasteiger partial charge is 0.318 e. The molecular weight excluding hydrogens is 284 g/mol. The number of urea groups is 1. The summed E-state index contributed by atoms with van der Waals surface area (Å²) in [5, 5.41) is 1.64. The zero-order valence-corrected chi connectivity index (χ0v) is 11.3. The summed E-state index contributed by atoms with van der Waals surface area (Å²) >= 11 is 0. The van der Waals surface area contributed by atoms with E-state index in [0.717, 1.165) is 6.26 Å². The zero-order chi connectivity index (χ0) is 14.9. The molecule has 0 fully saturated rings. The number of carbonyl (C=O) groups excluding carboxylic acids is 2. The lowest BCUT2D eigenvalue weighted by Crippen LogP contribution is -2.37. The van der Waals surface area contributed by atoms with Crippen LogP contribution in [0.5, 0.6) is 0 Å². The van der Waals surface area contributed by atoms with E-state index in [4.69, 9.17) is 5.73 Å². The SMILES string of the molecule is CS(=O)(=O)c1nc2ccccc2n1CC(=O)NC(N)=O. The number of primary amides is 1. The lowest BCUT2D eigenvalue weighted by molar-refractivity contribution is -0.120. The van der Waals surface area contributed by atoms with E-state index in [0.29, 0.717) is 11.0 Å². The van der Waals surface area contributed by atoms with Gasteiger partial charge in [0, 0.05) is 6.26 Å². The Morgan fingerprint density at radius 3 is 2.60 bits per heavy atom. The summed E-state index contributed by atoms with van der Waals surface area (Å²) in [6.45, 7) is -0.369. The number of rotatable bonds is 3. The van der Waals surface area contributed by atoms with Gasteiger partial charge in [-0.2, -0.15) is 0 Å². The number of hydrogen-bond donors (Lipinski definition) is 2. The van der Waals surface area contributed by atoms with E-state index in [1.54, 1.807) is 24.3 Å². The highest BCUT2D eigenvalue weighted by atomic mass is 32.2. The number of benzene rings is 1. The monoisotopic (exact) mass is 296 g/mol. The molecule has 0 saturated heterocycles. The average molecular weight is 296 g/mol. The number of nitrogens with two attached hydrogens (primary N) is 1. The van der Waals surface area contributed by atoms with Gasteiger partial charge in [-0.15, -0.1) is 0 Å². The molecule has 2 rings (SSSR count). The molecule has 0 bridgehead atoms. The number of imidazole rings is 1. The molecule has 0 spiro atoms. The average Bonchev–Trinajstić information content (AvgIpc) is 2.67. The third-order valence-electron chi connectivity index (χ3n) is 2.52. The normalized spacial score (nSPS) is 11.4. The van der Waals surface area contributed by atoms with Gasteiger partial charge in [0.25, 0.3) is 0 Å². The van der Waals surface area contributed by atoms with Crippen LogP contribution in [0.25, 0.3) is 11.0 Å². The van der Waals surface area contributed by atoms with Crippen LogP contribution in [-0.4, -0.2) is 36.2 Å². The Bertz CT molecular complexity index is 794. The van der Waals surface area contributed by atoms with E-state index in [1.165, 1.54) is 4.57 Å². The van der Waals surface area contributed by atoms with Crippen molar-refractivity contribution in [2.24, 2.45) is 5.73 Å². The predicted molar refractivity (Wildman–Crippen MR) is 70.6 cm³/mol. The van der Waals surface area contributed by atoms with E-state index < -0.39 is 21.8 Å². The number of fused-ring (bicyclic) bond motifs is 1. The first-order chi connectivity index (χ1) is 9.29. The maximum Gasteiger partial charge on any atom is 0.318 e. The van der Waals surface area contributed by atoms with E-state index in [-0.39, 0.29) is 11.7 Å². The van der Waals surface area contributed by atoms with Gasteiger partial charge in [-0.05, 0) is 12.1 Å². The highest BCUT2D eigenvalue weighted by molar-refractivity contribution is 7.90. The van der Waals surface area contributed by atoms with Gasteiger partial charge < -0.3 is 10.3 Å². The molecule has 0 unspecified atom stereocenters. The Kier molecular flexibility index (Phi) is 3.45. The van der Waals surface area contributed by atoms with Crippen LogP contribution in [0, 0.1) is 0 Å². The Hall–Kier alpha value is -2.42. The summed E-state index contributed by atoms with van der Waals surface area (Å²) in [6.07, 6.45) is 0.997. The molecule has 0 radical (unpaired) electrons. The third-order valence-corrected chi connectivity index (χ3v) is 3.49. The van der Waals surface area contributed by atoms with E-state index in [1.807, 2.05) is 5.32 Å². The van der Waals surface area contributed by atoms with Gasteiger partial charge in [0.2, 0.25) is 20.9 Å². The molecule has 20 heavy (non-hydrogen) atoms. The maximum absolute atomic E-state index is 11.7. The Morgan fingerprint density at radius 1 is 1.35 bits per heavy atom. The summed E-state index contributed by atoms with van der Waals surface area (Å²) in [4.78, 5) is 26.2. The van der Waals surface area contributed by atoms with Crippen LogP contribution in [0.2, 0.25) is 0 Å². The fraction of sp³-hybridized carbons (Fsp3) is 0.182. The maximum atomic E-state index is 11.7. The number of carbonyl (C=O) groups is 2. The summed E-state index contributed by atoms with van der Waals surface area (Å²) in [5.74, 6) is -0.717. The summed E-state index contributed by atoms with van der Waals surface area (Å²) < 4.78 is 24.7. The number of aromatic nitrogens is 2. The van der Waals surface area contributed by atoms with Gasteiger partial charge in [-0.1, -0.05) is 12.1 Å². The molecule has 3 N–H and O–H groups in total. The topological polar surface area (TPSA) is 124 Å². The molecule has 1 aromatic heterocycles. The van der Waals surface area contributed by atoms with Crippen LogP contribution < -0.4 is 11.1 Å². The van der Waals surface area contributed by atoms with Gasteiger partial charge in [0.15, 0.2) is 0 Å². The number of hydrogen-bond acceptors (Lipinski definition) is 5. The third kappa shape index (κ3) is 2.77. The summed E-state index contributed by atoms with van der Waals surface area (Å²) in [7, 11) is -3.61. The summed E-state index contributed by atoms with van der Waals surface area (Å²) in [5.41, 5.74) is 5.77. The molecule has 1 heterocycles. The molecule has 1 aromatic carbocycles. The Labute approximate surface area is 114 Å². The molecule has 0 aliphatic heterocycles. The van der Waals surface area contributed by atoms with Crippen LogP contribution in [0.1, 0.15) is 0 Å². The van der Waals surface area contributed by atoms with E-state index in [2.05, 4.69) is 4.98 Å². The van der Waals surface area contributed by atoms with Crippen molar-refractivity contribution in [2.45, 2.75) is 11.7 Å². The van der Waals surface area contributed by atoms with Crippen molar-refractivity contribution >= 4 is 32.8 Å². The van der Waals surface area contributed by atoms with Crippen LogP contribution in [0.3, 0.4) is 0 Å². The van der Waals surface area contributed by atoms with Gasteiger partial charge in [0.05, 0.1) is 11.0 Å². The number of amides is 3. The fourth-order valence-corrected chi connectivity index (χ4v) is 2.64. The van der Waals surface area contributed by atoms with Gasteiger partial charge in [0.1, 0.15) is 6.54 Å². The highest BCUT2D eigenvalue weighted by Crippen LogP contribution is 2.19. The lowest BCUT2D eigenvalue weighted by atomic mass is 10.3. The molecule has 0 aliphatic carbocycles. The molecule has 106 valence electrons. The first kappa shape index (κ1) is 14.0. The molecule has 0 atom stereocenters. The van der Waals surface area contributed by atoms with Crippen molar-refractivity contribution in [3.63, 3.8) is 0 Å². The van der Waals surface area contributed by atoms with Crippen LogP contribution in [-0.2, 0) is 21.2 Å². The zero-order valence-electron chi connectivity index (χ0n) is 10.5. The molecule has 9 heteroatoms. The fourth-order valence-electron chi connectivity index (χ4n) is 1.81. The van der Waals surface area contributed by atoms with Gasteiger partial charge in [-0.25, -0.2) is 18.2 Å². The molecule has 2 aromatic rings. The van der Waals surface area contributed by atoms with E-state index >= 15 is 0 Å². The largest absolute Gasteiger partial charge is 0.351 e. The minimum atomic E-state index is -3.61. The van der Waals surface area contributed by atoms with Crippen molar-refractivity contribution in [3.05, 3.63) is 24.3 Å². The van der Waals surface area contributed by atoms with Gasteiger partial charge in [-0.3, -0.25) is 10.1 Å². The number of para-hydroxylation sites is 2. The molecular formula is C11H12N4O4S. The number of nitrogens with one attached hydrogen (secondary N) is 1. The summed E-state index contributed by atoms with van der Waals surface area (Å²) in [6, 6.07) is 5.66. The second kappa shape index (κ2) is 4.93. The highest BCUT2D eigenvalue weighted by Gasteiger charge is 2.21. The second-order valence-electron chi connectivity index (χ2n) is 4.15. The Balaban J connectivity index is 2.54. The predicted octanol–water partition coefficient (Wildman–Crippen LogP) is -0.365. The number of imide groups is 1. The molecule has 3 amide bonds. The molecule has 0 saturated carbocycles. The van der Waals surface area contributed by atoms with Gasteiger partial charge >= 0.3 is 6.03 Å². The Morgan fingerprint density at radius 2 is 2.00 bits per heavy atom. The molecule has 8 nitrogen and oxygen atoms in total. The van der Waals surface area contributed by atoms with Crippen molar-refractivity contribution in [1.82, 2.24) is 14.9 Å². The first-order valence-corrected chi connectivity index (χ1v) is 7.43. The van der Waals surface area contributed by atoms with Crippen molar-refractivity contribution in [2.75, 3.05) is 6.26 Å². The minimum absolute atomic E-state index is 0.238. The van der Waals surface area contributed by atoms with Crippen LogP contribution >= 0.6 is 0 Å². The molecule has 0 aliphatic rings. The number of sulfone groups is 1. The van der Waals surface area contributed by atoms with Crippen molar-refractivity contribution < 1.29 is 18.0 Å². The lowest BCUT2D eigenvalue weighted by Gasteiger charge is -2.07. The van der Waals surface area contributed by atoms with Crippen molar-refractivity contribution in [1.29, 1.82) is 0 Å². The minimum Gasteiger partial charge on any atom is -0.351 e. The quantitative estimate of drug-likeness (QED) is 0.800. The van der Waals surface area contributed by atoms with Crippen molar-refractivity contribution in [3.8, 4) is 0 Å². The standard InChI is InChI=1S/C11H12N4O4S/c1-20(18,19)11-13-7-4-2-3-5-8(7)15(11)6-9(16)14-10(12)17/h2-5H,6H2,1H3,(H3,12,14,16,17). The first-order valence-electron chi connectivity index (χ1n) is 5.53.